The summed E-state index contributed by atoms with van der Waals surface area (Å²) >= 11 is 11.0. The molecule has 0 amide bonds. The van der Waals surface area contributed by atoms with Gasteiger partial charge < -0.3 is 4.74 Å². The van der Waals surface area contributed by atoms with Crippen LogP contribution in [0.4, 0.5) is 0 Å². The largest absolute Gasteiger partial charge is 0.438 e. The second-order valence-electron chi connectivity index (χ2n) is 4.39. The fraction of sp³-hybridized carbons (Fsp3) is 0.143. The zero-order valence-electron chi connectivity index (χ0n) is 10.8. The number of hydrogen-bond donors (Lipinski definition) is 0. The molecule has 2 aromatic heterocycles. The SMILES string of the molecule is Cc1cc2c(Oc3cc(Br)ccc3C)nc(Cl)nc2s1. The third-order valence-electron chi connectivity index (χ3n) is 2.81. The number of aryl methyl sites for hydroxylation is 2. The molecule has 0 aliphatic heterocycles. The number of fused-ring (bicyclic) bond motifs is 1. The van der Waals surface area contributed by atoms with E-state index in [1.807, 2.05) is 38.1 Å². The molecule has 0 aliphatic rings. The van der Waals surface area contributed by atoms with E-state index in [4.69, 9.17) is 16.3 Å². The zero-order chi connectivity index (χ0) is 14.3. The Labute approximate surface area is 133 Å². The van der Waals surface area contributed by atoms with Crippen LogP contribution in [0.15, 0.2) is 28.7 Å². The standard InChI is InChI=1S/C14H10BrClN2OS/c1-7-3-4-9(15)6-11(7)19-12-10-5-8(2)20-13(10)18-14(16)17-12/h3-6H,1-2H3. The Kier molecular flexibility index (Phi) is 3.67. The van der Waals surface area contributed by atoms with Crippen LogP contribution in [0.3, 0.4) is 0 Å². The normalized spacial score (nSPS) is 11.0. The van der Waals surface area contributed by atoms with Gasteiger partial charge in [-0.3, -0.25) is 0 Å². The summed E-state index contributed by atoms with van der Waals surface area (Å²) in [6, 6.07) is 7.88. The molecule has 0 spiro atoms. The van der Waals surface area contributed by atoms with Gasteiger partial charge in [-0.25, -0.2) is 4.98 Å². The van der Waals surface area contributed by atoms with Crippen molar-refractivity contribution in [1.29, 1.82) is 0 Å². The summed E-state index contributed by atoms with van der Waals surface area (Å²) in [7, 11) is 0. The van der Waals surface area contributed by atoms with E-state index >= 15 is 0 Å². The quantitative estimate of drug-likeness (QED) is 0.558. The Bertz CT molecular complexity index is 803. The average molecular weight is 370 g/mol. The predicted molar refractivity (Wildman–Crippen MR) is 86.1 cm³/mol. The first-order valence-electron chi connectivity index (χ1n) is 5.90. The number of halogens is 2. The summed E-state index contributed by atoms with van der Waals surface area (Å²) in [6.45, 7) is 4.01. The predicted octanol–water partition coefficient (Wildman–Crippen LogP) is 5.52. The minimum Gasteiger partial charge on any atom is -0.438 e. The average Bonchev–Trinajstić information content (AvgIpc) is 2.74. The van der Waals surface area contributed by atoms with Crippen molar-refractivity contribution in [1.82, 2.24) is 9.97 Å². The van der Waals surface area contributed by atoms with Crippen LogP contribution < -0.4 is 4.74 Å². The Hall–Kier alpha value is -1.17. The maximum Gasteiger partial charge on any atom is 0.232 e. The van der Waals surface area contributed by atoms with Gasteiger partial charge in [-0.15, -0.1) is 11.3 Å². The Balaban J connectivity index is 2.12. The van der Waals surface area contributed by atoms with E-state index in [0.717, 1.165) is 30.9 Å². The van der Waals surface area contributed by atoms with Crippen molar-refractivity contribution in [2.45, 2.75) is 13.8 Å². The van der Waals surface area contributed by atoms with E-state index in [1.165, 1.54) is 0 Å². The third-order valence-corrected chi connectivity index (χ3v) is 4.42. The van der Waals surface area contributed by atoms with Gasteiger partial charge in [0.15, 0.2) is 0 Å². The van der Waals surface area contributed by atoms with Crippen molar-refractivity contribution in [2.75, 3.05) is 0 Å². The highest BCUT2D eigenvalue weighted by molar-refractivity contribution is 9.10. The van der Waals surface area contributed by atoms with Crippen LogP contribution in [-0.4, -0.2) is 9.97 Å². The summed E-state index contributed by atoms with van der Waals surface area (Å²) in [5.41, 5.74) is 1.03. The molecule has 6 heteroatoms. The molecular formula is C14H10BrClN2OS. The van der Waals surface area contributed by atoms with Gasteiger partial charge in [0.1, 0.15) is 10.6 Å². The molecule has 0 N–H and O–H groups in total. The first-order valence-corrected chi connectivity index (χ1v) is 7.89. The lowest BCUT2D eigenvalue weighted by Gasteiger charge is -2.09. The first kappa shape index (κ1) is 13.8. The van der Waals surface area contributed by atoms with Crippen molar-refractivity contribution in [2.24, 2.45) is 0 Å². The highest BCUT2D eigenvalue weighted by Crippen LogP contribution is 2.35. The molecule has 0 atom stereocenters. The van der Waals surface area contributed by atoms with Gasteiger partial charge in [-0.2, -0.15) is 4.98 Å². The lowest BCUT2D eigenvalue weighted by Crippen LogP contribution is -1.93. The number of benzene rings is 1. The van der Waals surface area contributed by atoms with Gasteiger partial charge in [0.2, 0.25) is 11.2 Å². The Morgan fingerprint density at radius 3 is 2.80 bits per heavy atom. The van der Waals surface area contributed by atoms with Gasteiger partial charge in [0.05, 0.1) is 5.39 Å². The van der Waals surface area contributed by atoms with E-state index in [0.29, 0.717) is 5.88 Å². The van der Waals surface area contributed by atoms with E-state index in [9.17, 15) is 0 Å². The zero-order valence-corrected chi connectivity index (χ0v) is 13.9. The van der Waals surface area contributed by atoms with Crippen LogP contribution in [0, 0.1) is 13.8 Å². The van der Waals surface area contributed by atoms with Gasteiger partial charge in [-0.05, 0) is 49.2 Å². The van der Waals surface area contributed by atoms with Crippen LogP contribution in [0.2, 0.25) is 5.28 Å². The van der Waals surface area contributed by atoms with Crippen LogP contribution in [0.5, 0.6) is 11.6 Å². The van der Waals surface area contributed by atoms with Crippen LogP contribution in [-0.2, 0) is 0 Å². The summed E-state index contributed by atoms with van der Waals surface area (Å²) in [6.07, 6.45) is 0. The molecule has 0 radical (unpaired) electrons. The summed E-state index contributed by atoms with van der Waals surface area (Å²) in [5, 5.41) is 1.08. The van der Waals surface area contributed by atoms with Gasteiger partial charge >= 0.3 is 0 Å². The molecule has 20 heavy (non-hydrogen) atoms. The summed E-state index contributed by atoms with van der Waals surface area (Å²) in [5.74, 6) is 1.24. The van der Waals surface area contributed by atoms with Crippen LogP contribution >= 0.6 is 38.9 Å². The molecule has 0 saturated heterocycles. The van der Waals surface area contributed by atoms with Gasteiger partial charge in [0, 0.05) is 9.35 Å². The van der Waals surface area contributed by atoms with Crippen molar-refractivity contribution in [3.63, 3.8) is 0 Å². The second-order valence-corrected chi connectivity index (χ2v) is 6.87. The minimum atomic E-state index is 0.196. The molecule has 102 valence electrons. The minimum absolute atomic E-state index is 0.196. The fourth-order valence-corrected chi connectivity index (χ4v) is 3.28. The molecule has 0 bridgehead atoms. The fourth-order valence-electron chi connectivity index (χ4n) is 1.86. The van der Waals surface area contributed by atoms with Crippen molar-refractivity contribution in [3.8, 4) is 11.6 Å². The van der Waals surface area contributed by atoms with E-state index in [1.54, 1.807) is 11.3 Å². The van der Waals surface area contributed by atoms with E-state index < -0.39 is 0 Å². The molecule has 0 saturated carbocycles. The molecule has 0 aliphatic carbocycles. The molecule has 3 rings (SSSR count). The molecule has 0 fully saturated rings. The number of hydrogen-bond acceptors (Lipinski definition) is 4. The van der Waals surface area contributed by atoms with Crippen LogP contribution in [0.1, 0.15) is 10.4 Å². The number of aromatic nitrogens is 2. The number of thiophene rings is 1. The maximum atomic E-state index is 5.97. The lowest BCUT2D eigenvalue weighted by atomic mass is 10.2. The number of nitrogens with zero attached hydrogens (tertiary/aromatic N) is 2. The van der Waals surface area contributed by atoms with Gasteiger partial charge in [-0.1, -0.05) is 22.0 Å². The highest BCUT2D eigenvalue weighted by Gasteiger charge is 2.13. The Morgan fingerprint density at radius 2 is 2.00 bits per heavy atom. The molecule has 0 unspecified atom stereocenters. The molecule has 1 aromatic carbocycles. The van der Waals surface area contributed by atoms with Crippen molar-refractivity contribution >= 4 is 49.1 Å². The monoisotopic (exact) mass is 368 g/mol. The molecule has 3 aromatic rings. The maximum absolute atomic E-state index is 5.97. The van der Waals surface area contributed by atoms with E-state index in [2.05, 4.69) is 25.9 Å². The first-order chi connectivity index (χ1) is 9.52. The number of ether oxygens (including phenoxy) is 1. The molecule has 3 nitrogen and oxygen atoms in total. The van der Waals surface area contributed by atoms with E-state index in [-0.39, 0.29) is 5.28 Å². The Morgan fingerprint density at radius 1 is 1.20 bits per heavy atom. The summed E-state index contributed by atoms with van der Waals surface area (Å²) < 4.78 is 6.89. The second kappa shape index (κ2) is 5.31. The van der Waals surface area contributed by atoms with Crippen LogP contribution in [0.25, 0.3) is 10.2 Å². The highest BCUT2D eigenvalue weighted by atomic mass is 79.9. The third kappa shape index (κ3) is 2.66. The molecular weight excluding hydrogens is 360 g/mol. The van der Waals surface area contributed by atoms with Crippen molar-refractivity contribution < 1.29 is 4.74 Å². The number of rotatable bonds is 2. The summed E-state index contributed by atoms with van der Waals surface area (Å²) in [4.78, 5) is 10.4. The smallest absolute Gasteiger partial charge is 0.232 e. The van der Waals surface area contributed by atoms with Crippen molar-refractivity contribution in [3.05, 3.63) is 44.5 Å². The lowest BCUT2D eigenvalue weighted by molar-refractivity contribution is 0.464. The topological polar surface area (TPSA) is 35.0 Å². The molecule has 2 heterocycles. The van der Waals surface area contributed by atoms with Gasteiger partial charge in [0.25, 0.3) is 0 Å².